The largest absolute Gasteiger partial charge is 0.512 e. The molecule has 2 aromatic heterocycles. The van der Waals surface area contributed by atoms with E-state index in [9.17, 15) is 9.90 Å². The predicted octanol–water partition coefficient (Wildman–Crippen LogP) is 9.78. The van der Waals surface area contributed by atoms with Gasteiger partial charge in [-0.2, -0.15) is 0 Å². The van der Waals surface area contributed by atoms with Crippen molar-refractivity contribution in [3.8, 4) is 11.3 Å². The van der Waals surface area contributed by atoms with Crippen LogP contribution in [0.3, 0.4) is 0 Å². The Kier molecular flexibility index (Phi) is 12.7. The van der Waals surface area contributed by atoms with E-state index < -0.39 is 0 Å². The number of hydrogen-bond acceptors (Lipinski definition) is 5. The van der Waals surface area contributed by atoms with E-state index in [4.69, 9.17) is 0 Å². The third kappa shape index (κ3) is 8.09. The Balaban J connectivity index is 0.000000307. The van der Waals surface area contributed by atoms with Crippen LogP contribution < -0.4 is 0 Å². The molecule has 0 aliphatic rings. The van der Waals surface area contributed by atoms with Gasteiger partial charge in [-0.3, -0.25) is 9.78 Å². The standard InChI is InChI=1S/C21H19N2S.C13H24O2.Ir/c1-13-23-18-9-10-22-19(20(18)24-13)15-11-14-7-5-6-8-16(14)17(12-15)21(2,3)4;1-5-10(6-2)12(14)9-13(15)11(7-3)8-4;/h5-10,12H,1-4H3;9-11,14H,5-8H2,1-4H3;/q-1;;/b;12-9-;. The number of pyridine rings is 1. The van der Waals surface area contributed by atoms with Gasteiger partial charge in [0.15, 0.2) is 5.78 Å². The molecule has 0 amide bonds. The number of ketones is 1. The molecule has 4 rings (SSSR count). The molecule has 0 aliphatic carbocycles. The van der Waals surface area contributed by atoms with Crippen molar-refractivity contribution in [2.75, 3.05) is 0 Å². The monoisotopic (exact) mass is 736 g/mol. The van der Waals surface area contributed by atoms with Gasteiger partial charge >= 0.3 is 0 Å². The molecule has 0 unspecified atom stereocenters. The molecule has 0 aliphatic heterocycles. The molecule has 0 atom stereocenters. The quantitative estimate of drug-likeness (QED) is 0.111. The van der Waals surface area contributed by atoms with E-state index in [-0.39, 0.29) is 48.9 Å². The third-order valence-electron chi connectivity index (χ3n) is 7.33. The van der Waals surface area contributed by atoms with Crippen LogP contribution in [0.1, 0.15) is 84.7 Å². The summed E-state index contributed by atoms with van der Waals surface area (Å²) in [4.78, 5) is 21.0. The average molecular weight is 736 g/mol. The van der Waals surface area contributed by atoms with Gasteiger partial charge in [-0.1, -0.05) is 77.6 Å². The first kappa shape index (κ1) is 33.8. The Hall–Kier alpha value is -2.40. The van der Waals surface area contributed by atoms with E-state index in [1.165, 1.54) is 17.0 Å². The van der Waals surface area contributed by atoms with Gasteiger partial charge in [-0.15, -0.1) is 40.5 Å². The van der Waals surface area contributed by atoms with Crippen molar-refractivity contribution in [3.05, 3.63) is 71.1 Å². The molecule has 0 saturated carbocycles. The van der Waals surface area contributed by atoms with Crippen molar-refractivity contribution in [2.45, 2.75) is 86.5 Å². The minimum absolute atomic E-state index is 0. The summed E-state index contributed by atoms with van der Waals surface area (Å²) in [6, 6.07) is 16.3. The van der Waals surface area contributed by atoms with Crippen molar-refractivity contribution in [2.24, 2.45) is 11.8 Å². The maximum absolute atomic E-state index is 11.7. The molecular weight excluding hydrogens is 693 g/mol. The zero-order valence-corrected chi connectivity index (χ0v) is 28.3. The van der Waals surface area contributed by atoms with Gasteiger partial charge in [0.2, 0.25) is 0 Å². The van der Waals surface area contributed by atoms with Crippen molar-refractivity contribution in [1.82, 2.24) is 9.97 Å². The number of carbonyl (C=O) groups is 1. The molecule has 0 bridgehead atoms. The number of thiazole rings is 1. The Morgan fingerprint density at radius 2 is 1.65 bits per heavy atom. The Bertz CT molecular complexity index is 1440. The maximum atomic E-state index is 11.7. The van der Waals surface area contributed by atoms with E-state index in [1.54, 1.807) is 11.3 Å². The number of fused-ring (bicyclic) bond motifs is 2. The molecule has 4 nitrogen and oxygen atoms in total. The topological polar surface area (TPSA) is 63.1 Å². The normalized spacial score (nSPS) is 12.0. The number of benzene rings is 2. The second kappa shape index (κ2) is 15.0. The molecule has 0 saturated heterocycles. The molecule has 1 N–H and O–H groups in total. The fraction of sp³-hybridized carbons (Fsp3) is 0.441. The first-order chi connectivity index (χ1) is 18.5. The number of allylic oxidation sites excluding steroid dienone is 2. The number of aliphatic hydroxyl groups excluding tert-OH is 1. The second-order valence-corrected chi connectivity index (χ2v) is 12.3. The molecule has 2 aromatic carbocycles. The first-order valence-electron chi connectivity index (χ1n) is 14.2. The molecule has 2 heterocycles. The van der Waals surface area contributed by atoms with Crippen molar-refractivity contribution in [1.29, 1.82) is 0 Å². The average Bonchev–Trinajstić information content (AvgIpc) is 3.29. The van der Waals surface area contributed by atoms with E-state index in [1.807, 2.05) is 46.9 Å². The van der Waals surface area contributed by atoms with E-state index >= 15 is 0 Å². The summed E-state index contributed by atoms with van der Waals surface area (Å²) in [6.45, 7) is 16.9. The summed E-state index contributed by atoms with van der Waals surface area (Å²) >= 11 is 1.70. The Morgan fingerprint density at radius 1 is 1.02 bits per heavy atom. The van der Waals surface area contributed by atoms with Gasteiger partial charge in [0, 0.05) is 54.6 Å². The van der Waals surface area contributed by atoms with Crippen LogP contribution in [-0.4, -0.2) is 20.9 Å². The summed E-state index contributed by atoms with van der Waals surface area (Å²) < 4.78 is 1.14. The van der Waals surface area contributed by atoms with Crippen LogP contribution in [0.5, 0.6) is 0 Å². The number of hydrogen-bond donors (Lipinski definition) is 1. The summed E-state index contributed by atoms with van der Waals surface area (Å²) in [5.41, 5.74) is 4.43. The summed E-state index contributed by atoms with van der Waals surface area (Å²) in [5.74, 6) is 0.547. The number of aromatic nitrogens is 2. The van der Waals surface area contributed by atoms with Crippen molar-refractivity contribution < 1.29 is 30.0 Å². The third-order valence-corrected chi connectivity index (χ3v) is 8.33. The first-order valence-corrected chi connectivity index (χ1v) is 15.0. The molecule has 6 heteroatoms. The van der Waals surface area contributed by atoms with E-state index in [2.05, 4.69) is 67.1 Å². The van der Waals surface area contributed by atoms with Crippen LogP contribution in [0.2, 0.25) is 0 Å². The summed E-state index contributed by atoms with van der Waals surface area (Å²) in [5, 5.41) is 13.2. The molecule has 4 aromatic rings. The molecule has 40 heavy (non-hydrogen) atoms. The van der Waals surface area contributed by atoms with Crippen LogP contribution in [0.15, 0.2) is 54.4 Å². The molecule has 0 fully saturated rings. The zero-order valence-electron chi connectivity index (χ0n) is 25.1. The summed E-state index contributed by atoms with van der Waals surface area (Å²) in [6.07, 6.45) is 6.75. The molecule has 0 spiro atoms. The van der Waals surface area contributed by atoms with Crippen LogP contribution in [0, 0.1) is 24.8 Å². The molecule has 217 valence electrons. The van der Waals surface area contributed by atoms with Crippen molar-refractivity contribution >= 4 is 38.1 Å². The van der Waals surface area contributed by atoms with Gasteiger partial charge in [0.1, 0.15) is 0 Å². The van der Waals surface area contributed by atoms with Gasteiger partial charge < -0.3 is 5.11 Å². The van der Waals surface area contributed by atoms with Crippen molar-refractivity contribution in [3.63, 3.8) is 0 Å². The van der Waals surface area contributed by atoms with E-state index in [0.29, 0.717) is 0 Å². The minimum Gasteiger partial charge on any atom is -0.512 e. The van der Waals surface area contributed by atoms with Gasteiger partial charge in [0.05, 0.1) is 16.3 Å². The SMILES string of the molecule is CCC(CC)C(=O)/C=C(\O)C(CC)CC.Cc1nc2ccnc(-c3[c-]c4ccccc4c(C(C)(C)C)c3)c2s1.[Ir]. The number of aliphatic hydroxyl groups is 1. The second-order valence-electron chi connectivity index (χ2n) is 11.1. The van der Waals surface area contributed by atoms with Gasteiger partial charge in [0.25, 0.3) is 0 Å². The molecule has 1 radical (unpaired) electrons. The number of rotatable bonds is 8. The van der Waals surface area contributed by atoms with Crippen LogP contribution in [0.25, 0.3) is 32.2 Å². The van der Waals surface area contributed by atoms with Crippen LogP contribution in [-0.2, 0) is 30.3 Å². The van der Waals surface area contributed by atoms with Gasteiger partial charge in [-0.25, -0.2) is 4.98 Å². The van der Waals surface area contributed by atoms with Gasteiger partial charge in [-0.05, 0) is 44.1 Å². The minimum atomic E-state index is 0. The maximum Gasteiger partial charge on any atom is 0.162 e. The fourth-order valence-corrected chi connectivity index (χ4v) is 5.83. The number of carbonyl (C=O) groups excluding carboxylic acids is 1. The van der Waals surface area contributed by atoms with E-state index in [0.717, 1.165) is 57.6 Å². The van der Waals surface area contributed by atoms with Crippen LogP contribution >= 0.6 is 11.3 Å². The molecular formula is C34H43IrN2O2S-. The fourth-order valence-electron chi connectivity index (χ4n) is 4.92. The summed E-state index contributed by atoms with van der Waals surface area (Å²) in [7, 11) is 0. The number of nitrogens with zero attached hydrogens (tertiary/aromatic N) is 2. The Labute approximate surface area is 257 Å². The smallest absolute Gasteiger partial charge is 0.162 e. The Morgan fingerprint density at radius 3 is 2.25 bits per heavy atom. The van der Waals surface area contributed by atoms with Crippen LogP contribution in [0.4, 0.5) is 0 Å². The number of aryl methyl sites for hydroxylation is 1. The zero-order chi connectivity index (χ0) is 28.7. The predicted molar refractivity (Wildman–Crippen MR) is 166 cm³/mol.